The summed E-state index contributed by atoms with van der Waals surface area (Å²) in [7, 11) is 0. The number of benzene rings is 2. The minimum atomic E-state index is -0.778. The van der Waals surface area contributed by atoms with Crippen molar-refractivity contribution in [1.29, 1.82) is 0 Å². The second-order valence-electron chi connectivity index (χ2n) is 4.74. The molecule has 0 amide bonds. The Balaban J connectivity index is 2.31. The van der Waals surface area contributed by atoms with E-state index in [0.717, 1.165) is 0 Å². The summed E-state index contributed by atoms with van der Waals surface area (Å²) in [6, 6.07) is 13.7. The number of carbonyl (C=O) groups excluding carboxylic acids is 1. The van der Waals surface area contributed by atoms with Crippen molar-refractivity contribution >= 4 is 16.8 Å². The van der Waals surface area contributed by atoms with Gasteiger partial charge < -0.3 is 9.52 Å². The molecule has 0 saturated carbocycles. The molecule has 0 aliphatic rings. The predicted molar refractivity (Wildman–Crippen MR) is 79.6 cm³/mol. The molecule has 1 heterocycles. The van der Waals surface area contributed by atoms with E-state index >= 15 is 0 Å². The molecule has 4 nitrogen and oxygen atoms in total. The summed E-state index contributed by atoms with van der Waals surface area (Å²) in [5, 5.41) is 10.7. The zero-order chi connectivity index (χ0) is 15.0. The summed E-state index contributed by atoms with van der Waals surface area (Å²) < 4.78 is 5.06. The Morgan fingerprint density at radius 2 is 1.71 bits per heavy atom. The van der Waals surface area contributed by atoms with Crippen LogP contribution in [-0.4, -0.2) is 10.9 Å². The van der Waals surface area contributed by atoms with Gasteiger partial charge in [0.1, 0.15) is 5.58 Å². The summed E-state index contributed by atoms with van der Waals surface area (Å²) in [6.45, 7) is 1.49. The second-order valence-corrected chi connectivity index (χ2v) is 4.74. The first-order valence-electron chi connectivity index (χ1n) is 6.44. The fourth-order valence-electron chi connectivity index (χ4n) is 2.30. The highest BCUT2D eigenvalue weighted by atomic mass is 16.4. The lowest BCUT2D eigenvalue weighted by atomic mass is 9.99. The number of rotatable bonds is 2. The Bertz CT molecular complexity index is 889. The van der Waals surface area contributed by atoms with Crippen molar-refractivity contribution in [2.45, 2.75) is 6.92 Å². The Morgan fingerprint density at radius 3 is 2.38 bits per heavy atom. The molecule has 2 aromatic carbocycles. The number of para-hydroxylation sites is 1. The first-order chi connectivity index (χ1) is 10.1. The minimum Gasteiger partial charge on any atom is -0.501 e. The van der Waals surface area contributed by atoms with Gasteiger partial charge in [0.25, 0.3) is 0 Å². The molecule has 0 atom stereocenters. The van der Waals surface area contributed by atoms with Crippen molar-refractivity contribution < 1.29 is 14.3 Å². The number of carbonyl (C=O) groups is 1. The van der Waals surface area contributed by atoms with Crippen LogP contribution >= 0.6 is 0 Å². The van der Waals surface area contributed by atoms with E-state index in [1.165, 1.54) is 6.92 Å². The van der Waals surface area contributed by atoms with Gasteiger partial charge >= 0.3 is 5.63 Å². The van der Waals surface area contributed by atoms with Crippen LogP contribution in [0.5, 0.6) is 5.75 Å². The summed E-state index contributed by atoms with van der Waals surface area (Å²) in [5.74, 6) is -0.465. The first kappa shape index (κ1) is 13.1. The van der Waals surface area contributed by atoms with Gasteiger partial charge in [0.2, 0.25) is 5.75 Å². The summed E-state index contributed by atoms with van der Waals surface area (Å²) in [6.07, 6.45) is 0. The van der Waals surface area contributed by atoms with Gasteiger partial charge in [-0.3, -0.25) is 4.79 Å². The molecule has 21 heavy (non-hydrogen) atoms. The molecule has 0 aliphatic carbocycles. The number of fused-ring (bicyclic) bond motifs is 1. The normalized spacial score (nSPS) is 10.7. The van der Waals surface area contributed by atoms with Crippen molar-refractivity contribution in [2.24, 2.45) is 0 Å². The SMILES string of the molecule is CC(=O)c1ccc(-c2c(O)c(=O)oc3ccccc23)cc1. The van der Waals surface area contributed by atoms with Crippen LogP contribution in [0.3, 0.4) is 0 Å². The smallest absolute Gasteiger partial charge is 0.379 e. The molecular weight excluding hydrogens is 268 g/mol. The third-order valence-corrected chi connectivity index (χ3v) is 3.37. The number of hydrogen-bond acceptors (Lipinski definition) is 4. The lowest BCUT2D eigenvalue weighted by Crippen LogP contribution is -2.00. The van der Waals surface area contributed by atoms with Gasteiger partial charge in [0.05, 0.1) is 0 Å². The van der Waals surface area contributed by atoms with E-state index in [4.69, 9.17) is 4.42 Å². The van der Waals surface area contributed by atoms with Gasteiger partial charge in [-0.2, -0.15) is 0 Å². The van der Waals surface area contributed by atoms with E-state index in [-0.39, 0.29) is 5.78 Å². The Morgan fingerprint density at radius 1 is 1.05 bits per heavy atom. The Labute approximate surface area is 120 Å². The van der Waals surface area contributed by atoms with E-state index in [9.17, 15) is 14.7 Å². The Kier molecular flexibility index (Phi) is 3.06. The van der Waals surface area contributed by atoms with Crippen molar-refractivity contribution in [3.8, 4) is 16.9 Å². The van der Waals surface area contributed by atoms with Crippen LogP contribution in [-0.2, 0) is 0 Å². The van der Waals surface area contributed by atoms with Crippen LogP contribution in [0.1, 0.15) is 17.3 Å². The summed E-state index contributed by atoms with van der Waals surface area (Å²) >= 11 is 0. The van der Waals surface area contributed by atoms with Gasteiger partial charge in [0.15, 0.2) is 5.78 Å². The van der Waals surface area contributed by atoms with Gasteiger partial charge in [-0.15, -0.1) is 0 Å². The molecular formula is C17H12O4. The molecule has 104 valence electrons. The highest BCUT2D eigenvalue weighted by Crippen LogP contribution is 2.33. The van der Waals surface area contributed by atoms with Crippen LogP contribution in [0.25, 0.3) is 22.1 Å². The average molecular weight is 280 g/mol. The molecule has 0 spiro atoms. The zero-order valence-corrected chi connectivity index (χ0v) is 11.3. The molecule has 1 aromatic heterocycles. The number of hydrogen-bond donors (Lipinski definition) is 1. The second kappa shape index (κ2) is 4.90. The average Bonchev–Trinajstić information content (AvgIpc) is 2.49. The van der Waals surface area contributed by atoms with Crippen LogP contribution in [0.4, 0.5) is 0 Å². The lowest BCUT2D eigenvalue weighted by molar-refractivity contribution is 0.101. The molecule has 3 rings (SSSR count). The standard InChI is InChI=1S/C17H12O4/c1-10(18)11-6-8-12(9-7-11)15-13-4-2-3-5-14(13)21-17(20)16(15)19/h2-9,19H,1H3. The maximum absolute atomic E-state index is 11.7. The van der Waals surface area contributed by atoms with Gasteiger partial charge in [-0.05, 0) is 18.6 Å². The van der Waals surface area contributed by atoms with E-state index in [1.807, 2.05) is 0 Å². The summed E-state index contributed by atoms with van der Waals surface area (Å²) in [5.41, 5.74) is 1.27. The van der Waals surface area contributed by atoms with E-state index in [1.54, 1.807) is 48.5 Å². The number of Topliss-reactive ketones (excluding diaryl/α,β-unsaturated/α-hetero) is 1. The van der Waals surface area contributed by atoms with Gasteiger partial charge in [-0.25, -0.2) is 4.79 Å². The number of ketones is 1. The molecule has 0 saturated heterocycles. The molecule has 0 unspecified atom stereocenters. The van der Waals surface area contributed by atoms with Crippen molar-refractivity contribution in [1.82, 2.24) is 0 Å². The molecule has 0 radical (unpaired) electrons. The van der Waals surface area contributed by atoms with E-state index < -0.39 is 11.4 Å². The van der Waals surface area contributed by atoms with Crippen LogP contribution < -0.4 is 5.63 Å². The minimum absolute atomic E-state index is 0.0387. The number of aromatic hydroxyl groups is 1. The predicted octanol–water partition coefficient (Wildman–Crippen LogP) is 3.37. The Hall–Kier alpha value is -2.88. The lowest BCUT2D eigenvalue weighted by Gasteiger charge is -2.08. The monoisotopic (exact) mass is 280 g/mol. The maximum Gasteiger partial charge on any atom is 0.379 e. The molecule has 0 aliphatic heterocycles. The third-order valence-electron chi connectivity index (χ3n) is 3.37. The molecule has 1 N–H and O–H groups in total. The largest absolute Gasteiger partial charge is 0.501 e. The first-order valence-corrected chi connectivity index (χ1v) is 6.44. The molecule has 0 fully saturated rings. The topological polar surface area (TPSA) is 67.5 Å². The highest BCUT2D eigenvalue weighted by Gasteiger charge is 2.15. The van der Waals surface area contributed by atoms with Crippen LogP contribution in [0.2, 0.25) is 0 Å². The molecule has 4 heteroatoms. The van der Waals surface area contributed by atoms with Crippen LogP contribution in [0.15, 0.2) is 57.7 Å². The van der Waals surface area contributed by atoms with E-state index in [2.05, 4.69) is 0 Å². The van der Waals surface area contributed by atoms with Crippen molar-refractivity contribution in [2.75, 3.05) is 0 Å². The van der Waals surface area contributed by atoms with Crippen LogP contribution in [0, 0.1) is 0 Å². The maximum atomic E-state index is 11.7. The molecule has 0 bridgehead atoms. The third kappa shape index (κ3) is 2.21. The van der Waals surface area contributed by atoms with Gasteiger partial charge in [-0.1, -0.05) is 42.5 Å². The van der Waals surface area contributed by atoms with Crippen molar-refractivity contribution in [3.63, 3.8) is 0 Å². The van der Waals surface area contributed by atoms with Gasteiger partial charge in [0, 0.05) is 16.5 Å². The fraction of sp³-hybridized carbons (Fsp3) is 0.0588. The molecule has 3 aromatic rings. The fourth-order valence-corrected chi connectivity index (χ4v) is 2.30. The quantitative estimate of drug-likeness (QED) is 0.577. The van der Waals surface area contributed by atoms with E-state index in [0.29, 0.717) is 27.7 Å². The highest BCUT2D eigenvalue weighted by molar-refractivity contribution is 5.98. The summed E-state index contributed by atoms with van der Waals surface area (Å²) in [4.78, 5) is 23.0. The van der Waals surface area contributed by atoms with Crippen molar-refractivity contribution in [3.05, 3.63) is 64.5 Å². The zero-order valence-electron chi connectivity index (χ0n) is 11.3.